The molecule has 1 atom stereocenters. The molecule has 0 aliphatic rings. The van der Waals surface area contributed by atoms with Crippen LogP contribution < -0.4 is 0 Å². The largest absolute Gasteiger partial charge is 0.388 e. The van der Waals surface area contributed by atoms with Crippen LogP contribution in [0.1, 0.15) is 25.0 Å². The minimum absolute atomic E-state index is 0.375. The lowest BCUT2D eigenvalue weighted by Crippen LogP contribution is -1.97. The van der Waals surface area contributed by atoms with Crippen LogP contribution in [0.15, 0.2) is 41.3 Å². The second-order valence-corrected chi connectivity index (χ2v) is 4.04. The number of rotatable bonds is 4. The summed E-state index contributed by atoms with van der Waals surface area (Å²) >= 11 is 1.67. The van der Waals surface area contributed by atoms with Crippen molar-refractivity contribution < 1.29 is 5.11 Å². The highest BCUT2D eigenvalue weighted by molar-refractivity contribution is 8.01. The van der Waals surface area contributed by atoms with Gasteiger partial charge in [-0.15, -0.1) is 11.8 Å². The summed E-state index contributed by atoms with van der Waals surface area (Å²) in [6, 6.07) is 9.77. The minimum atomic E-state index is -0.375. The molecule has 1 rings (SSSR count). The Morgan fingerprint density at radius 1 is 1.43 bits per heavy atom. The fourth-order valence-electron chi connectivity index (χ4n) is 1.35. The molecule has 1 aromatic rings. The van der Waals surface area contributed by atoms with E-state index < -0.39 is 0 Å². The van der Waals surface area contributed by atoms with Crippen molar-refractivity contribution in [3.63, 3.8) is 0 Å². The number of hydrogen-bond donors (Lipinski definition) is 1. The maximum absolute atomic E-state index is 9.87. The average molecular weight is 208 g/mol. The lowest BCUT2D eigenvalue weighted by atomic mass is 10.0. The van der Waals surface area contributed by atoms with Gasteiger partial charge in [0.1, 0.15) is 0 Å². The number of thioether (sulfide) groups is 1. The summed E-state index contributed by atoms with van der Waals surface area (Å²) in [7, 11) is 0. The minimum Gasteiger partial charge on any atom is -0.388 e. The highest BCUT2D eigenvalue weighted by Gasteiger charge is 2.06. The second-order valence-electron chi connectivity index (χ2n) is 3.33. The van der Waals surface area contributed by atoms with E-state index in [0.717, 1.165) is 5.56 Å². The fourth-order valence-corrected chi connectivity index (χ4v) is 1.85. The quantitative estimate of drug-likeness (QED) is 0.818. The number of hydrogen-bond acceptors (Lipinski definition) is 2. The summed E-state index contributed by atoms with van der Waals surface area (Å²) in [5.74, 6) is 0. The summed E-state index contributed by atoms with van der Waals surface area (Å²) in [6.07, 6.45) is 2.36. The molecule has 0 heterocycles. The molecule has 0 saturated carbocycles. The van der Waals surface area contributed by atoms with Crippen LogP contribution in [-0.4, -0.2) is 11.4 Å². The third-order valence-corrected chi connectivity index (χ3v) is 2.66. The van der Waals surface area contributed by atoms with Crippen molar-refractivity contribution in [3.8, 4) is 0 Å². The van der Waals surface area contributed by atoms with Gasteiger partial charge in [-0.2, -0.15) is 0 Å². The van der Waals surface area contributed by atoms with Crippen molar-refractivity contribution in [1.29, 1.82) is 0 Å². The van der Waals surface area contributed by atoms with Crippen LogP contribution in [-0.2, 0) is 0 Å². The number of aliphatic hydroxyl groups excluding tert-OH is 1. The summed E-state index contributed by atoms with van der Waals surface area (Å²) < 4.78 is 0. The SMILES string of the molecule is CS/C=C(\C)CC(O)c1ccccc1. The van der Waals surface area contributed by atoms with Gasteiger partial charge in [-0.3, -0.25) is 0 Å². The fraction of sp³-hybridized carbons (Fsp3) is 0.333. The molecule has 2 heteroatoms. The predicted octanol–water partition coefficient (Wildman–Crippen LogP) is 3.38. The first-order chi connectivity index (χ1) is 6.74. The standard InChI is InChI=1S/C12H16OS/c1-10(9-14-2)8-12(13)11-6-4-3-5-7-11/h3-7,9,12-13H,8H2,1-2H3/b10-9+. The predicted molar refractivity (Wildman–Crippen MR) is 63.3 cm³/mol. The lowest BCUT2D eigenvalue weighted by molar-refractivity contribution is 0.178. The first-order valence-electron chi connectivity index (χ1n) is 4.65. The molecular weight excluding hydrogens is 192 g/mol. The van der Waals surface area contributed by atoms with E-state index in [1.807, 2.05) is 43.5 Å². The van der Waals surface area contributed by atoms with Crippen LogP contribution in [0, 0.1) is 0 Å². The van der Waals surface area contributed by atoms with Gasteiger partial charge in [0, 0.05) is 0 Å². The summed E-state index contributed by atoms with van der Waals surface area (Å²) in [5, 5.41) is 11.9. The van der Waals surface area contributed by atoms with Gasteiger partial charge in [-0.25, -0.2) is 0 Å². The molecule has 0 spiro atoms. The van der Waals surface area contributed by atoms with Crippen LogP contribution in [0.25, 0.3) is 0 Å². The van der Waals surface area contributed by atoms with Crippen molar-refractivity contribution in [2.24, 2.45) is 0 Å². The Balaban J connectivity index is 2.59. The molecule has 0 amide bonds. The molecule has 0 radical (unpaired) electrons. The summed E-state index contributed by atoms with van der Waals surface area (Å²) in [4.78, 5) is 0. The molecule has 0 aromatic heterocycles. The summed E-state index contributed by atoms with van der Waals surface area (Å²) in [6.45, 7) is 2.04. The van der Waals surface area contributed by atoms with E-state index in [-0.39, 0.29) is 6.10 Å². The lowest BCUT2D eigenvalue weighted by Gasteiger charge is -2.10. The zero-order valence-corrected chi connectivity index (χ0v) is 9.42. The van der Waals surface area contributed by atoms with Gasteiger partial charge < -0.3 is 5.11 Å². The normalized spacial score (nSPS) is 14.1. The van der Waals surface area contributed by atoms with Crippen LogP contribution in [0.2, 0.25) is 0 Å². The Labute approximate surface area is 89.8 Å². The first-order valence-corrected chi connectivity index (χ1v) is 5.94. The van der Waals surface area contributed by atoms with E-state index in [9.17, 15) is 5.11 Å². The molecule has 0 bridgehead atoms. The first kappa shape index (κ1) is 11.3. The molecular formula is C12H16OS. The molecule has 76 valence electrons. The van der Waals surface area contributed by atoms with Crippen molar-refractivity contribution >= 4 is 11.8 Å². The Kier molecular flexibility index (Phi) is 4.77. The highest BCUT2D eigenvalue weighted by atomic mass is 32.2. The topological polar surface area (TPSA) is 20.2 Å². The molecule has 1 aromatic carbocycles. The second kappa shape index (κ2) is 5.89. The third kappa shape index (κ3) is 3.56. The van der Waals surface area contributed by atoms with Crippen molar-refractivity contribution in [1.82, 2.24) is 0 Å². The molecule has 0 saturated heterocycles. The number of benzene rings is 1. The van der Waals surface area contributed by atoms with Crippen LogP contribution in [0.3, 0.4) is 0 Å². The smallest absolute Gasteiger partial charge is 0.0827 e. The van der Waals surface area contributed by atoms with Gasteiger partial charge in [0.15, 0.2) is 0 Å². The van der Waals surface area contributed by atoms with E-state index in [0.29, 0.717) is 6.42 Å². The van der Waals surface area contributed by atoms with Gasteiger partial charge in [-0.05, 0) is 30.6 Å². The molecule has 1 unspecified atom stereocenters. The zero-order valence-electron chi connectivity index (χ0n) is 8.60. The van der Waals surface area contributed by atoms with Gasteiger partial charge in [0.2, 0.25) is 0 Å². The van der Waals surface area contributed by atoms with E-state index >= 15 is 0 Å². The Bertz CT molecular complexity index is 292. The van der Waals surface area contributed by atoms with Gasteiger partial charge in [0.25, 0.3) is 0 Å². The third-order valence-electron chi connectivity index (χ3n) is 2.02. The zero-order chi connectivity index (χ0) is 10.4. The van der Waals surface area contributed by atoms with Crippen LogP contribution >= 0.6 is 11.8 Å². The maximum atomic E-state index is 9.87. The molecule has 0 aliphatic heterocycles. The number of aliphatic hydroxyl groups is 1. The van der Waals surface area contributed by atoms with E-state index in [1.54, 1.807) is 11.8 Å². The van der Waals surface area contributed by atoms with Crippen LogP contribution in [0.5, 0.6) is 0 Å². The molecule has 0 aliphatic carbocycles. The van der Waals surface area contributed by atoms with Gasteiger partial charge >= 0.3 is 0 Å². The van der Waals surface area contributed by atoms with Crippen molar-refractivity contribution in [3.05, 3.63) is 46.9 Å². The monoisotopic (exact) mass is 208 g/mol. The van der Waals surface area contributed by atoms with Crippen molar-refractivity contribution in [2.75, 3.05) is 6.26 Å². The van der Waals surface area contributed by atoms with Crippen molar-refractivity contribution in [2.45, 2.75) is 19.4 Å². The van der Waals surface area contributed by atoms with E-state index in [2.05, 4.69) is 5.41 Å². The Morgan fingerprint density at radius 3 is 2.64 bits per heavy atom. The average Bonchev–Trinajstić information content (AvgIpc) is 2.19. The summed E-state index contributed by atoms with van der Waals surface area (Å²) in [5.41, 5.74) is 2.20. The Morgan fingerprint density at radius 2 is 2.07 bits per heavy atom. The molecule has 1 nitrogen and oxygen atoms in total. The molecule has 14 heavy (non-hydrogen) atoms. The Hall–Kier alpha value is -0.730. The molecule has 0 fully saturated rings. The van der Waals surface area contributed by atoms with E-state index in [1.165, 1.54) is 5.57 Å². The van der Waals surface area contributed by atoms with Gasteiger partial charge in [0.05, 0.1) is 6.10 Å². The highest BCUT2D eigenvalue weighted by Crippen LogP contribution is 2.21. The van der Waals surface area contributed by atoms with Gasteiger partial charge in [-0.1, -0.05) is 35.9 Å². The maximum Gasteiger partial charge on any atom is 0.0827 e. The van der Waals surface area contributed by atoms with E-state index in [4.69, 9.17) is 0 Å². The molecule has 1 N–H and O–H groups in total. The van der Waals surface area contributed by atoms with Crippen LogP contribution in [0.4, 0.5) is 0 Å².